The van der Waals surface area contributed by atoms with E-state index in [4.69, 9.17) is 9.72 Å². The fourth-order valence-corrected chi connectivity index (χ4v) is 5.49. The van der Waals surface area contributed by atoms with E-state index in [0.717, 1.165) is 35.4 Å². The Morgan fingerprint density at radius 2 is 1.65 bits per heavy atom. The third-order valence-corrected chi connectivity index (χ3v) is 7.01. The van der Waals surface area contributed by atoms with Crippen LogP contribution in [0.2, 0.25) is 0 Å². The second-order valence-electron chi connectivity index (χ2n) is 12.2. The van der Waals surface area contributed by atoms with Gasteiger partial charge in [-0.15, -0.1) is 0 Å². The van der Waals surface area contributed by atoms with Crippen LogP contribution in [0, 0.1) is 5.41 Å². The third kappa shape index (κ3) is 3.85. The van der Waals surface area contributed by atoms with Crippen molar-refractivity contribution in [3.05, 3.63) is 63.5 Å². The highest BCUT2D eigenvalue weighted by Crippen LogP contribution is 2.54. The predicted octanol–water partition coefficient (Wildman–Crippen LogP) is 6.86. The lowest BCUT2D eigenvalue weighted by molar-refractivity contribution is -0.0360. The van der Waals surface area contributed by atoms with Crippen molar-refractivity contribution in [2.45, 2.75) is 104 Å². The molecule has 0 fully saturated rings. The van der Waals surface area contributed by atoms with Crippen LogP contribution in [0.4, 0.5) is 0 Å². The SMILES string of the molecule is CC(C)c1nc2c(c3c1[C@@H](c1ccc(C(C)(C)C)cc1)OC3(C)C)[C@@H](O)CC(C)(C)C2. The monoisotopic (exact) mass is 421 g/mol. The molecule has 0 radical (unpaired) electrons. The number of ether oxygens (including phenoxy) is 1. The number of aromatic nitrogens is 1. The summed E-state index contributed by atoms with van der Waals surface area (Å²) in [5.74, 6) is 0.287. The van der Waals surface area contributed by atoms with Crippen LogP contribution in [0.1, 0.15) is 126 Å². The summed E-state index contributed by atoms with van der Waals surface area (Å²) < 4.78 is 6.74. The molecule has 1 aromatic carbocycles. The Balaban J connectivity index is 1.92. The number of fused-ring (bicyclic) bond motifs is 3. The molecule has 0 amide bonds. The Bertz CT molecular complexity index is 993. The number of hydrogen-bond donors (Lipinski definition) is 1. The lowest BCUT2D eigenvalue weighted by Gasteiger charge is -2.37. The molecule has 2 aliphatic rings. The van der Waals surface area contributed by atoms with Crippen molar-refractivity contribution in [3.63, 3.8) is 0 Å². The number of nitrogens with zero attached hydrogens (tertiary/aromatic N) is 1. The van der Waals surface area contributed by atoms with Gasteiger partial charge in [0.05, 0.1) is 11.7 Å². The van der Waals surface area contributed by atoms with Crippen LogP contribution in [-0.4, -0.2) is 10.1 Å². The molecule has 1 N–H and O–H groups in total. The zero-order valence-electron chi connectivity index (χ0n) is 20.8. The number of pyridine rings is 1. The Morgan fingerprint density at radius 3 is 2.19 bits per heavy atom. The van der Waals surface area contributed by atoms with Crippen LogP contribution in [-0.2, 0) is 22.2 Å². The highest BCUT2D eigenvalue weighted by atomic mass is 16.5. The summed E-state index contributed by atoms with van der Waals surface area (Å²) in [6.45, 7) is 19.9. The van der Waals surface area contributed by atoms with E-state index in [1.165, 1.54) is 16.7 Å². The van der Waals surface area contributed by atoms with Crippen molar-refractivity contribution in [1.29, 1.82) is 0 Å². The molecule has 0 spiro atoms. The fourth-order valence-electron chi connectivity index (χ4n) is 5.49. The first kappa shape index (κ1) is 22.5. The topological polar surface area (TPSA) is 42.4 Å². The highest BCUT2D eigenvalue weighted by molar-refractivity contribution is 5.53. The van der Waals surface area contributed by atoms with Gasteiger partial charge in [0, 0.05) is 22.5 Å². The second-order valence-corrected chi connectivity index (χ2v) is 12.2. The molecule has 2 heterocycles. The standard InChI is InChI=1S/C28H39NO2/c1-16(2)24-22-23(21-19(29-24)14-27(6,7)15-20(21)30)28(8,9)31-25(22)17-10-12-18(13-11-17)26(3,4)5/h10-13,16,20,25,30H,14-15H2,1-9H3/t20-,25+/m0/s1. The molecule has 0 saturated carbocycles. The minimum atomic E-state index is -0.494. The molecule has 1 aliphatic carbocycles. The van der Waals surface area contributed by atoms with Crippen molar-refractivity contribution in [3.8, 4) is 0 Å². The maximum atomic E-state index is 11.2. The van der Waals surface area contributed by atoms with Gasteiger partial charge in [-0.3, -0.25) is 4.98 Å². The van der Waals surface area contributed by atoms with Crippen molar-refractivity contribution < 1.29 is 9.84 Å². The van der Waals surface area contributed by atoms with Crippen LogP contribution in [0.15, 0.2) is 24.3 Å². The largest absolute Gasteiger partial charge is 0.388 e. The van der Waals surface area contributed by atoms with Crippen LogP contribution >= 0.6 is 0 Å². The van der Waals surface area contributed by atoms with Gasteiger partial charge < -0.3 is 9.84 Å². The molecule has 31 heavy (non-hydrogen) atoms. The highest BCUT2D eigenvalue weighted by Gasteiger charge is 2.47. The van der Waals surface area contributed by atoms with Gasteiger partial charge in [-0.05, 0) is 60.1 Å². The van der Waals surface area contributed by atoms with Crippen molar-refractivity contribution >= 4 is 0 Å². The molecule has 3 heteroatoms. The molecule has 168 valence electrons. The van der Waals surface area contributed by atoms with E-state index < -0.39 is 11.7 Å². The van der Waals surface area contributed by atoms with Gasteiger partial charge in [0.2, 0.25) is 0 Å². The average molecular weight is 422 g/mol. The third-order valence-electron chi connectivity index (χ3n) is 7.01. The molecule has 2 atom stereocenters. The van der Waals surface area contributed by atoms with E-state index in [1.54, 1.807) is 0 Å². The summed E-state index contributed by atoms with van der Waals surface area (Å²) in [6.07, 6.45) is 1.01. The van der Waals surface area contributed by atoms with Crippen molar-refractivity contribution in [2.24, 2.45) is 5.41 Å². The molecular formula is C28H39NO2. The summed E-state index contributed by atoms with van der Waals surface area (Å²) in [6, 6.07) is 8.86. The van der Waals surface area contributed by atoms with Gasteiger partial charge in [0.15, 0.2) is 0 Å². The summed E-state index contributed by atoms with van der Waals surface area (Å²) in [5, 5.41) is 11.2. The van der Waals surface area contributed by atoms with Crippen LogP contribution in [0.25, 0.3) is 0 Å². The van der Waals surface area contributed by atoms with Crippen LogP contribution < -0.4 is 0 Å². The smallest absolute Gasteiger partial charge is 0.111 e. The van der Waals surface area contributed by atoms with E-state index in [2.05, 4.69) is 86.6 Å². The summed E-state index contributed by atoms with van der Waals surface area (Å²) in [7, 11) is 0. The van der Waals surface area contributed by atoms with Gasteiger partial charge in [0.25, 0.3) is 0 Å². The summed E-state index contributed by atoms with van der Waals surface area (Å²) in [5.41, 5.74) is 7.74. The Kier molecular flexibility index (Phi) is 5.18. The number of hydrogen-bond acceptors (Lipinski definition) is 3. The van der Waals surface area contributed by atoms with E-state index in [0.29, 0.717) is 0 Å². The molecular weight excluding hydrogens is 382 g/mol. The van der Waals surface area contributed by atoms with Crippen molar-refractivity contribution in [1.82, 2.24) is 4.98 Å². The fraction of sp³-hybridized carbons (Fsp3) is 0.607. The maximum absolute atomic E-state index is 11.2. The zero-order valence-corrected chi connectivity index (χ0v) is 20.8. The van der Waals surface area contributed by atoms with E-state index in [-0.39, 0.29) is 22.9 Å². The quantitative estimate of drug-likeness (QED) is 0.576. The summed E-state index contributed by atoms with van der Waals surface area (Å²) in [4.78, 5) is 5.19. The lowest BCUT2D eigenvalue weighted by atomic mass is 9.71. The summed E-state index contributed by atoms with van der Waals surface area (Å²) >= 11 is 0. The van der Waals surface area contributed by atoms with Crippen LogP contribution in [0.3, 0.4) is 0 Å². The number of aliphatic hydroxyl groups is 1. The predicted molar refractivity (Wildman–Crippen MR) is 126 cm³/mol. The van der Waals surface area contributed by atoms with Gasteiger partial charge in [-0.2, -0.15) is 0 Å². The van der Waals surface area contributed by atoms with Gasteiger partial charge >= 0.3 is 0 Å². The van der Waals surface area contributed by atoms with Gasteiger partial charge in [0.1, 0.15) is 6.10 Å². The molecule has 3 nitrogen and oxygen atoms in total. The number of benzene rings is 1. The minimum Gasteiger partial charge on any atom is -0.388 e. The van der Waals surface area contributed by atoms with Gasteiger partial charge in [-0.25, -0.2) is 0 Å². The van der Waals surface area contributed by atoms with E-state index >= 15 is 0 Å². The average Bonchev–Trinajstić information content (AvgIpc) is 2.90. The molecule has 1 aromatic heterocycles. The maximum Gasteiger partial charge on any atom is 0.111 e. The molecule has 2 aromatic rings. The molecule has 0 saturated heterocycles. The number of rotatable bonds is 2. The van der Waals surface area contributed by atoms with E-state index in [9.17, 15) is 5.11 Å². The Morgan fingerprint density at radius 1 is 1.03 bits per heavy atom. The lowest BCUT2D eigenvalue weighted by Crippen LogP contribution is -2.30. The zero-order chi connectivity index (χ0) is 22.9. The first-order valence-corrected chi connectivity index (χ1v) is 11.7. The Hall–Kier alpha value is -1.71. The first-order valence-electron chi connectivity index (χ1n) is 11.7. The molecule has 4 rings (SSSR count). The van der Waals surface area contributed by atoms with Crippen molar-refractivity contribution in [2.75, 3.05) is 0 Å². The number of aliphatic hydroxyl groups excluding tert-OH is 1. The minimum absolute atomic E-state index is 0.0493. The second kappa shape index (κ2) is 7.15. The normalized spacial score (nSPS) is 24.2. The van der Waals surface area contributed by atoms with Crippen LogP contribution in [0.5, 0.6) is 0 Å². The first-order chi connectivity index (χ1) is 14.2. The van der Waals surface area contributed by atoms with Gasteiger partial charge in [-0.1, -0.05) is 72.7 Å². The molecule has 1 aliphatic heterocycles. The molecule has 0 bridgehead atoms. The molecule has 0 unspecified atom stereocenters. The Labute approximate surface area is 188 Å². The van der Waals surface area contributed by atoms with E-state index in [1.807, 2.05) is 0 Å².